The molecule has 1 aliphatic rings. The number of amides is 1. The minimum atomic E-state index is -0.305. The van der Waals surface area contributed by atoms with Gasteiger partial charge >= 0.3 is 0 Å². The first-order valence-corrected chi connectivity index (χ1v) is 10.0. The van der Waals surface area contributed by atoms with E-state index in [0.29, 0.717) is 25.5 Å². The van der Waals surface area contributed by atoms with E-state index >= 15 is 0 Å². The Bertz CT molecular complexity index is 1070. The number of hydrogen-bond acceptors (Lipinski definition) is 4. The average molecular weight is 406 g/mol. The first kappa shape index (κ1) is 19.8. The normalized spacial score (nSPS) is 14.4. The number of nitrogens with zero attached hydrogens (tertiary/aromatic N) is 4. The van der Waals surface area contributed by atoms with Crippen LogP contribution in [0.3, 0.4) is 0 Å². The number of aromatic nitrogens is 2. The summed E-state index contributed by atoms with van der Waals surface area (Å²) in [6.45, 7) is 2.62. The molecule has 1 aromatic heterocycles. The quantitative estimate of drug-likeness (QED) is 0.669. The lowest BCUT2D eigenvalue weighted by molar-refractivity contribution is -0.130. The van der Waals surface area contributed by atoms with E-state index in [0.717, 1.165) is 24.2 Å². The van der Waals surface area contributed by atoms with Crippen LogP contribution in [0.5, 0.6) is 0 Å². The highest BCUT2D eigenvalue weighted by atomic mass is 19.1. The molecule has 2 heterocycles. The zero-order chi connectivity index (χ0) is 20.9. The number of benzene rings is 2. The zero-order valence-electron chi connectivity index (χ0n) is 16.6. The fourth-order valence-electron chi connectivity index (χ4n) is 3.61. The van der Waals surface area contributed by atoms with Gasteiger partial charge in [0.2, 0.25) is 5.91 Å². The van der Waals surface area contributed by atoms with E-state index in [9.17, 15) is 14.0 Å². The summed E-state index contributed by atoms with van der Waals surface area (Å²) in [5.41, 5.74) is 1.34. The van der Waals surface area contributed by atoms with E-state index in [2.05, 4.69) is 10.00 Å². The Hall–Kier alpha value is -3.48. The third-order valence-electron chi connectivity index (χ3n) is 5.23. The number of anilines is 1. The van der Waals surface area contributed by atoms with Crippen molar-refractivity contribution in [2.75, 3.05) is 31.1 Å². The van der Waals surface area contributed by atoms with Crippen molar-refractivity contribution in [3.05, 3.63) is 88.5 Å². The van der Waals surface area contributed by atoms with Gasteiger partial charge in [0.05, 0.1) is 12.1 Å². The van der Waals surface area contributed by atoms with Gasteiger partial charge in [0, 0.05) is 32.2 Å². The molecule has 3 aromatic rings. The smallest absolute Gasteiger partial charge is 0.271 e. The van der Waals surface area contributed by atoms with E-state index in [1.54, 1.807) is 18.2 Å². The van der Waals surface area contributed by atoms with Gasteiger partial charge in [-0.1, -0.05) is 30.3 Å². The highest BCUT2D eigenvalue weighted by molar-refractivity contribution is 5.78. The van der Waals surface area contributed by atoms with Crippen molar-refractivity contribution in [3.63, 3.8) is 0 Å². The maximum Gasteiger partial charge on any atom is 0.271 e. The Labute approximate surface area is 174 Å². The summed E-state index contributed by atoms with van der Waals surface area (Å²) in [6.07, 6.45) is 1.07. The Morgan fingerprint density at radius 1 is 0.900 bits per heavy atom. The molecular formula is C23H23FN4O2. The molecule has 0 spiro atoms. The summed E-state index contributed by atoms with van der Waals surface area (Å²) >= 11 is 0. The van der Waals surface area contributed by atoms with Crippen LogP contribution in [0.4, 0.5) is 10.2 Å². The maximum absolute atomic E-state index is 13.1. The molecular weight excluding hydrogens is 383 g/mol. The Balaban J connectivity index is 1.45. The minimum Gasteiger partial charge on any atom is -0.353 e. The third kappa shape index (κ3) is 4.56. The van der Waals surface area contributed by atoms with Crippen LogP contribution in [0, 0.1) is 5.82 Å². The van der Waals surface area contributed by atoms with E-state index in [-0.39, 0.29) is 23.7 Å². The van der Waals surface area contributed by atoms with Gasteiger partial charge in [-0.3, -0.25) is 9.59 Å². The number of halogens is 1. The molecule has 0 radical (unpaired) electrons. The third-order valence-corrected chi connectivity index (χ3v) is 5.23. The number of hydrogen-bond donors (Lipinski definition) is 0. The molecule has 1 amide bonds. The van der Waals surface area contributed by atoms with Gasteiger partial charge in [-0.2, -0.15) is 4.68 Å². The zero-order valence-corrected chi connectivity index (χ0v) is 16.6. The van der Waals surface area contributed by atoms with Crippen LogP contribution >= 0.6 is 0 Å². The molecule has 154 valence electrons. The second-order valence-electron chi connectivity index (χ2n) is 7.30. The standard InChI is InChI=1S/C23H23FN4O2/c24-19-9-7-18(8-10-19)17-23(30)27-14-4-13-26(15-16-27)21-11-12-22(29)28(25-21)20-5-2-1-3-6-20/h1-3,5-12H,4,13-17H2. The fourth-order valence-corrected chi connectivity index (χ4v) is 3.61. The SMILES string of the molecule is O=C(Cc1ccc(F)cc1)N1CCCN(c2ccc(=O)n(-c3ccccc3)n2)CC1. The lowest BCUT2D eigenvalue weighted by Crippen LogP contribution is -2.36. The van der Waals surface area contributed by atoms with Crippen molar-refractivity contribution >= 4 is 11.7 Å². The fraction of sp³-hybridized carbons (Fsp3) is 0.261. The van der Waals surface area contributed by atoms with Crippen LogP contribution < -0.4 is 10.5 Å². The maximum atomic E-state index is 13.1. The summed E-state index contributed by atoms with van der Waals surface area (Å²) < 4.78 is 14.5. The predicted octanol–water partition coefficient (Wildman–Crippen LogP) is 2.65. The van der Waals surface area contributed by atoms with Crippen LogP contribution in [0.15, 0.2) is 71.5 Å². The van der Waals surface area contributed by atoms with E-state index in [1.807, 2.05) is 35.2 Å². The largest absolute Gasteiger partial charge is 0.353 e. The molecule has 4 rings (SSSR count). The van der Waals surface area contributed by atoms with Crippen LogP contribution in [0.25, 0.3) is 5.69 Å². The van der Waals surface area contributed by atoms with E-state index < -0.39 is 0 Å². The molecule has 0 aliphatic carbocycles. The molecule has 0 saturated carbocycles. The Kier molecular flexibility index (Phi) is 5.88. The number of para-hydroxylation sites is 1. The summed E-state index contributed by atoms with van der Waals surface area (Å²) in [5.74, 6) is 0.443. The molecule has 7 heteroatoms. The molecule has 0 N–H and O–H groups in total. The number of carbonyl (C=O) groups is 1. The minimum absolute atomic E-state index is 0.0330. The molecule has 30 heavy (non-hydrogen) atoms. The van der Waals surface area contributed by atoms with Crippen LogP contribution in [-0.4, -0.2) is 46.8 Å². The summed E-state index contributed by atoms with van der Waals surface area (Å²) in [6, 6.07) is 18.6. The molecule has 6 nitrogen and oxygen atoms in total. The molecule has 1 saturated heterocycles. The van der Waals surface area contributed by atoms with Crippen LogP contribution in [-0.2, 0) is 11.2 Å². The van der Waals surface area contributed by atoms with Gasteiger partial charge < -0.3 is 9.80 Å². The number of rotatable bonds is 4. The van der Waals surface area contributed by atoms with Crippen molar-refractivity contribution in [3.8, 4) is 5.69 Å². The number of carbonyl (C=O) groups excluding carboxylic acids is 1. The van der Waals surface area contributed by atoms with Crippen molar-refractivity contribution in [1.82, 2.24) is 14.7 Å². The lowest BCUT2D eigenvalue weighted by atomic mass is 10.1. The molecule has 2 aromatic carbocycles. The second kappa shape index (κ2) is 8.90. The Morgan fingerprint density at radius 3 is 2.43 bits per heavy atom. The summed E-state index contributed by atoms with van der Waals surface area (Å²) in [4.78, 5) is 28.9. The van der Waals surface area contributed by atoms with Crippen LogP contribution in [0.1, 0.15) is 12.0 Å². The molecule has 0 bridgehead atoms. The van der Waals surface area contributed by atoms with E-state index in [1.165, 1.54) is 22.9 Å². The van der Waals surface area contributed by atoms with Crippen molar-refractivity contribution in [2.24, 2.45) is 0 Å². The van der Waals surface area contributed by atoms with Crippen molar-refractivity contribution in [1.29, 1.82) is 0 Å². The molecule has 0 unspecified atom stereocenters. The van der Waals surface area contributed by atoms with Crippen molar-refractivity contribution in [2.45, 2.75) is 12.8 Å². The van der Waals surface area contributed by atoms with Gasteiger partial charge in [-0.15, -0.1) is 5.10 Å². The summed E-state index contributed by atoms with van der Waals surface area (Å²) in [7, 11) is 0. The first-order valence-electron chi connectivity index (χ1n) is 10.0. The van der Waals surface area contributed by atoms with Gasteiger partial charge in [0.25, 0.3) is 5.56 Å². The highest BCUT2D eigenvalue weighted by Gasteiger charge is 2.20. The predicted molar refractivity (Wildman–Crippen MR) is 113 cm³/mol. The monoisotopic (exact) mass is 406 g/mol. The molecule has 0 atom stereocenters. The highest BCUT2D eigenvalue weighted by Crippen LogP contribution is 2.15. The van der Waals surface area contributed by atoms with Gasteiger partial charge in [-0.05, 0) is 42.3 Å². The lowest BCUT2D eigenvalue weighted by Gasteiger charge is -2.23. The first-order chi connectivity index (χ1) is 14.6. The molecule has 1 aliphatic heterocycles. The Morgan fingerprint density at radius 2 is 1.67 bits per heavy atom. The van der Waals surface area contributed by atoms with Crippen molar-refractivity contribution < 1.29 is 9.18 Å². The van der Waals surface area contributed by atoms with Gasteiger partial charge in [0.15, 0.2) is 0 Å². The molecule has 1 fully saturated rings. The second-order valence-corrected chi connectivity index (χ2v) is 7.30. The average Bonchev–Trinajstić information content (AvgIpc) is 3.03. The van der Waals surface area contributed by atoms with Gasteiger partial charge in [0.1, 0.15) is 11.6 Å². The van der Waals surface area contributed by atoms with E-state index in [4.69, 9.17) is 0 Å². The summed E-state index contributed by atoms with van der Waals surface area (Å²) in [5, 5.41) is 4.54. The van der Waals surface area contributed by atoms with Gasteiger partial charge in [-0.25, -0.2) is 4.39 Å². The topological polar surface area (TPSA) is 58.4 Å². The van der Waals surface area contributed by atoms with Crippen LogP contribution in [0.2, 0.25) is 0 Å².